The number of phosphoric ester groups is 1. The Bertz CT molecular complexity index is 2530. The van der Waals surface area contributed by atoms with E-state index in [0.29, 0.717) is 40.9 Å². The zero-order valence-corrected chi connectivity index (χ0v) is 34.4. The third-order valence-electron chi connectivity index (χ3n) is 11.0. The third kappa shape index (κ3) is 7.71. The average molecular weight is 826 g/mol. The number of benzene rings is 3. The molecule has 2 aromatic heterocycles. The number of carbonyl (C=O) groups is 2. The number of esters is 1. The number of cyclic esters (lactones) is 1. The molecule has 0 saturated heterocycles. The Labute approximate surface area is 340 Å². The number of amides is 1. The molecule has 1 amide bonds. The predicted molar refractivity (Wildman–Crippen MR) is 215 cm³/mol. The van der Waals surface area contributed by atoms with E-state index in [1.165, 1.54) is 6.07 Å². The van der Waals surface area contributed by atoms with Gasteiger partial charge in [0, 0.05) is 22.6 Å². The summed E-state index contributed by atoms with van der Waals surface area (Å²) in [6.07, 6.45) is 0.362. The number of rotatable bonds is 12. The van der Waals surface area contributed by atoms with E-state index in [9.17, 15) is 18.9 Å². The maximum Gasteiger partial charge on any atom is 0.477 e. The first-order chi connectivity index (χ1) is 28.2. The number of pyridine rings is 2. The van der Waals surface area contributed by atoms with Crippen LogP contribution in [-0.4, -0.2) is 34.0 Å². The van der Waals surface area contributed by atoms with Crippen LogP contribution in [0.3, 0.4) is 0 Å². The maximum atomic E-state index is 15.4. The number of nitrogens with one attached hydrogen (secondary N) is 1. The Morgan fingerprint density at radius 2 is 1.64 bits per heavy atom. The van der Waals surface area contributed by atoms with Crippen molar-refractivity contribution in [3.8, 4) is 11.4 Å². The summed E-state index contributed by atoms with van der Waals surface area (Å²) in [5.74, 6) is -1.18. The fourth-order valence-electron chi connectivity index (χ4n) is 8.14. The summed E-state index contributed by atoms with van der Waals surface area (Å²) < 4.78 is 65.7. The Morgan fingerprint density at radius 3 is 2.27 bits per heavy atom. The summed E-state index contributed by atoms with van der Waals surface area (Å²) in [6.45, 7) is 7.63. The first kappa shape index (κ1) is 40.5. The van der Waals surface area contributed by atoms with E-state index in [4.69, 9.17) is 32.8 Å². The van der Waals surface area contributed by atoms with Crippen LogP contribution in [0.25, 0.3) is 22.3 Å². The zero-order valence-electron chi connectivity index (χ0n) is 33.5. The van der Waals surface area contributed by atoms with E-state index >= 15 is 4.39 Å². The summed E-state index contributed by atoms with van der Waals surface area (Å²) >= 11 is 0. The number of fused-ring (bicyclic) bond motifs is 5. The molecular weight excluding hydrogens is 780 g/mol. The fraction of sp³-hybridized carbons (Fsp3) is 0.364. The van der Waals surface area contributed by atoms with Gasteiger partial charge in [0.1, 0.15) is 18.0 Å². The van der Waals surface area contributed by atoms with Crippen molar-refractivity contribution in [3.63, 3.8) is 0 Å². The van der Waals surface area contributed by atoms with Gasteiger partial charge in [0.05, 0.1) is 48.3 Å². The van der Waals surface area contributed by atoms with Crippen LogP contribution in [0.15, 0.2) is 77.6 Å². The van der Waals surface area contributed by atoms with E-state index in [0.717, 1.165) is 27.6 Å². The van der Waals surface area contributed by atoms with Crippen LogP contribution in [0.2, 0.25) is 0 Å². The summed E-state index contributed by atoms with van der Waals surface area (Å²) in [4.78, 5) is 46.4. The van der Waals surface area contributed by atoms with Crippen LogP contribution in [0.5, 0.6) is 0 Å². The number of hydrogen-bond acceptors (Lipinski definition) is 11. The normalized spacial score (nSPS) is 18.2. The van der Waals surface area contributed by atoms with Crippen LogP contribution in [-0.2, 0) is 75.5 Å². The lowest BCUT2D eigenvalue weighted by molar-refractivity contribution is -0.193. The highest BCUT2D eigenvalue weighted by molar-refractivity contribution is 7.48. The lowest BCUT2D eigenvalue weighted by Crippen LogP contribution is -2.46. The number of ether oxygens (including phenoxy) is 3. The van der Waals surface area contributed by atoms with Crippen molar-refractivity contribution >= 4 is 30.8 Å². The fourth-order valence-corrected chi connectivity index (χ4v) is 9.15. The molecule has 4 heterocycles. The van der Waals surface area contributed by atoms with Crippen molar-refractivity contribution in [2.24, 2.45) is 0 Å². The molecule has 2 aliphatic heterocycles. The van der Waals surface area contributed by atoms with Crippen molar-refractivity contribution < 1.29 is 46.3 Å². The van der Waals surface area contributed by atoms with Crippen molar-refractivity contribution in [1.29, 1.82) is 0 Å². The molecule has 0 saturated carbocycles. The minimum Gasteiger partial charge on any atom is -0.458 e. The smallest absolute Gasteiger partial charge is 0.458 e. The van der Waals surface area contributed by atoms with Gasteiger partial charge in [0.15, 0.2) is 12.4 Å². The number of aromatic nitrogens is 2. The van der Waals surface area contributed by atoms with Gasteiger partial charge >= 0.3 is 19.9 Å². The lowest BCUT2D eigenvalue weighted by Gasteiger charge is -2.36. The van der Waals surface area contributed by atoms with E-state index in [2.05, 4.69) is 5.32 Å². The quantitative estimate of drug-likeness (QED) is 0.0717. The van der Waals surface area contributed by atoms with Gasteiger partial charge in [0.25, 0.3) is 5.56 Å². The second-order valence-corrected chi connectivity index (χ2v) is 17.5. The van der Waals surface area contributed by atoms with Gasteiger partial charge in [-0.3, -0.25) is 18.4 Å². The Morgan fingerprint density at radius 1 is 0.983 bits per heavy atom. The van der Waals surface area contributed by atoms with E-state index in [1.807, 2.05) is 36.4 Å². The summed E-state index contributed by atoms with van der Waals surface area (Å²) in [6, 6.07) is 20.7. The molecule has 15 heteroatoms. The SMILES string of the molecule is CC[C@@]1(OCOP(=O)(OCc2ccccc2)OCc2ccccc2)C(=O)OCc2c1cc1n(c2=O)Cc2c-1nc1cc(F)c(C)c3c1c2[C@@H](NC(=O)OC(C)(C)C)CC3. The molecule has 0 radical (unpaired) electrons. The second-order valence-electron chi connectivity index (χ2n) is 15.9. The van der Waals surface area contributed by atoms with Gasteiger partial charge in [-0.05, 0) is 80.8 Å². The number of carbonyl (C=O) groups excluding carboxylic acids is 2. The van der Waals surface area contributed by atoms with E-state index in [-0.39, 0.29) is 43.9 Å². The molecule has 5 aromatic rings. The first-order valence-corrected chi connectivity index (χ1v) is 21.0. The van der Waals surface area contributed by atoms with Crippen molar-refractivity contribution in [3.05, 3.63) is 133 Å². The minimum absolute atomic E-state index is 0.00409. The van der Waals surface area contributed by atoms with E-state index < -0.39 is 55.3 Å². The summed E-state index contributed by atoms with van der Waals surface area (Å²) in [7, 11) is -4.32. The van der Waals surface area contributed by atoms with Crippen LogP contribution < -0.4 is 10.9 Å². The molecule has 3 aromatic carbocycles. The van der Waals surface area contributed by atoms with Gasteiger partial charge in [-0.15, -0.1) is 0 Å². The molecule has 1 N–H and O–H groups in total. The molecule has 0 fully saturated rings. The topological polar surface area (TPSA) is 154 Å². The molecule has 0 unspecified atom stereocenters. The maximum absolute atomic E-state index is 15.4. The van der Waals surface area contributed by atoms with Crippen molar-refractivity contribution in [2.75, 3.05) is 6.79 Å². The van der Waals surface area contributed by atoms with Gasteiger partial charge in [-0.2, -0.15) is 0 Å². The highest BCUT2D eigenvalue weighted by atomic mass is 31.2. The molecule has 8 rings (SSSR count). The second kappa shape index (κ2) is 15.7. The van der Waals surface area contributed by atoms with Gasteiger partial charge in [-0.25, -0.2) is 23.5 Å². The zero-order chi connectivity index (χ0) is 41.7. The van der Waals surface area contributed by atoms with Crippen molar-refractivity contribution in [2.45, 2.75) is 97.5 Å². The van der Waals surface area contributed by atoms with Crippen molar-refractivity contribution in [1.82, 2.24) is 14.9 Å². The molecule has 308 valence electrons. The predicted octanol–water partition coefficient (Wildman–Crippen LogP) is 8.58. The average Bonchev–Trinajstić information content (AvgIpc) is 3.58. The molecule has 13 nitrogen and oxygen atoms in total. The Balaban J connectivity index is 1.15. The van der Waals surface area contributed by atoms with Gasteiger partial charge in [0.2, 0.25) is 0 Å². The third-order valence-corrected chi connectivity index (χ3v) is 12.3. The number of phosphoric acid groups is 1. The number of halogens is 1. The summed E-state index contributed by atoms with van der Waals surface area (Å²) in [5.41, 5.74) is 2.73. The molecule has 3 aliphatic rings. The number of aryl methyl sites for hydroxylation is 1. The Hall–Kier alpha value is -5.24. The molecule has 0 spiro atoms. The standard InChI is InChI=1S/C44H45FN3O10P/c1-6-44(54-25-57-59(52,55-22-27-13-9-7-10-14-27)56-23-28-15-11-8-12-16-28)32-19-36-39-30(21-48(36)40(49)31(32)24-53-41(44)50)38-34(47-42(51)58-43(3,4)5)18-17-29-26(2)33(45)20-35(46-39)37(29)38/h7-16,19-20,34H,6,17-18,21-25H2,1-5H3,(H,47,51)/t34-,44-/m0/s1. The number of nitrogens with zero attached hydrogens (tertiary/aromatic N) is 2. The molecule has 2 atom stereocenters. The minimum atomic E-state index is -4.32. The van der Waals surface area contributed by atoms with Crippen LogP contribution in [0.1, 0.15) is 91.1 Å². The Kier molecular flexibility index (Phi) is 10.8. The number of alkyl carbamates (subject to hydrolysis) is 1. The monoisotopic (exact) mass is 825 g/mol. The highest BCUT2D eigenvalue weighted by Gasteiger charge is 2.49. The molecule has 0 bridgehead atoms. The largest absolute Gasteiger partial charge is 0.477 e. The lowest BCUT2D eigenvalue weighted by atomic mass is 9.81. The number of hydrogen-bond donors (Lipinski definition) is 1. The van der Waals surface area contributed by atoms with Crippen LogP contribution in [0.4, 0.5) is 9.18 Å². The van der Waals surface area contributed by atoms with Gasteiger partial charge < -0.3 is 24.1 Å². The molecular formula is C44H45FN3O10P. The molecule has 59 heavy (non-hydrogen) atoms. The van der Waals surface area contributed by atoms with Gasteiger partial charge in [-0.1, -0.05) is 67.6 Å². The summed E-state index contributed by atoms with van der Waals surface area (Å²) in [5, 5.41) is 3.76. The van der Waals surface area contributed by atoms with Crippen LogP contribution in [0, 0.1) is 12.7 Å². The van der Waals surface area contributed by atoms with Crippen LogP contribution >= 0.6 is 7.82 Å². The molecule has 1 aliphatic carbocycles. The highest BCUT2D eigenvalue weighted by Crippen LogP contribution is 2.52. The first-order valence-electron chi connectivity index (χ1n) is 19.5. The van der Waals surface area contributed by atoms with E-state index in [1.54, 1.807) is 69.5 Å².